The molecular formula is C35H45N9O2. The van der Waals surface area contributed by atoms with Crippen LogP contribution in [-0.4, -0.2) is 85.7 Å². The van der Waals surface area contributed by atoms with Gasteiger partial charge in [0.05, 0.1) is 5.69 Å². The van der Waals surface area contributed by atoms with Crippen molar-refractivity contribution in [1.29, 1.82) is 0 Å². The van der Waals surface area contributed by atoms with Crippen molar-refractivity contribution in [1.82, 2.24) is 25.5 Å². The fraction of sp³-hybridized carbons (Fsp3) is 0.486. The van der Waals surface area contributed by atoms with Crippen molar-refractivity contribution in [3.63, 3.8) is 0 Å². The smallest absolute Gasteiger partial charge is 0.328 e. The van der Waals surface area contributed by atoms with E-state index in [0.717, 1.165) is 87.3 Å². The molecule has 0 aliphatic carbocycles. The number of rotatable bonds is 7. The summed E-state index contributed by atoms with van der Waals surface area (Å²) in [6.07, 6.45) is 5.71. The van der Waals surface area contributed by atoms with E-state index >= 15 is 0 Å². The van der Waals surface area contributed by atoms with E-state index in [2.05, 4.69) is 72.9 Å². The van der Waals surface area contributed by atoms with Crippen LogP contribution in [0, 0.1) is 19.8 Å². The van der Waals surface area contributed by atoms with Crippen LogP contribution in [0.25, 0.3) is 0 Å². The van der Waals surface area contributed by atoms with Gasteiger partial charge in [0.2, 0.25) is 11.9 Å². The molecule has 3 N–H and O–H groups in total. The summed E-state index contributed by atoms with van der Waals surface area (Å²) in [6, 6.07) is 12.6. The quantitative estimate of drug-likeness (QED) is 0.360. The number of hydrogen-bond acceptors (Lipinski definition) is 9. The molecule has 5 heterocycles. The van der Waals surface area contributed by atoms with Gasteiger partial charge in [-0.2, -0.15) is 0 Å². The second-order valence-corrected chi connectivity index (χ2v) is 13.2. The van der Waals surface area contributed by atoms with Gasteiger partial charge in [0.15, 0.2) is 0 Å². The number of carbonyl (C=O) groups excluding carboxylic acids is 2. The van der Waals surface area contributed by atoms with Crippen LogP contribution in [0.3, 0.4) is 0 Å². The van der Waals surface area contributed by atoms with Crippen molar-refractivity contribution >= 4 is 40.6 Å². The van der Waals surface area contributed by atoms with E-state index in [-0.39, 0.29) is 11.9 Å². The molecule has 46 heavy (non-hydrogen) atoms. The second kappa shape index (κ2) is 13.3. The Morgan fingerprint density at radius 1 is 0.870 bits per heavy atom. The first-order valence-electron chi connectivity index (χ1n) is 16.8. The number of piperazine rings is 1. The van der Waals surface area contributed by atoms with Crippen molar-refractivity contribution in [2.75, 3.05) is 78.9 Å². The molecule has 0 bridgehead atoms. The summed E-state index contributed by atoms with van der Waals surface area (Å²) in [7, 11) is 0. The molecule has 3 fully saturated rings. The Kier molecular flexibility index (Phi) is 8.77. The standard InChI is InChI=1S/C35H45N9O2/c1-24-19-28(38-34-37-21-27-7-11-36-22-30(27)39-34)3-5-31(24)43-12-8-26(9-13-43)23-41-15-17-42(18-16-41)29-4-6-32(25(2)20-29)44-14-10-33(45)40-35(44)46/h3-6,19-21,26,36H,7-18,22-23H2,1-2H3,(H,37,38,39)(H,40,45,46). The van der Waals surface area contributed by atoms with Crippen molar-refractivity contribution in [2.24, 2.45) is 5.92 Å². The topological polar surface area (TPSA) is 109 Å². The number of urea groups is 1. The van der Waals surface area contributed by atoms with Crippen molar-refractivity contribution in [3.05, 3.63) is 65.0 Å². The lowest BCUT2D eigenvalue weighted by molar-refractivity contribution is -0.120. The Bertz CT molecular complexity index is 1590. The first kappa shape index (κ1) is 30.4. The predicted octanol–water partition coefficient (Wildman–Crippen LogP) is 3.97. The zero-order valence-corrected chi connectivity index (χ0v) is 27.0. The van der Waals surface area contributed by atoms with Gasteiger partial charge in [0.25, 0.3) is 0 Å². The second-order valence-electron chi connectivity index (χ2n) is 13.2. The first-order valence-corrected chi connectivity index (χ1v) is 16.8. The Hall–Kier alpha value is -4.22. The average Bonchev–Trinajstić information content (AvgIpc) is 3.06. The highest BCUT2D eigenvalue weighted by Crippen LogP contribution is 2.31. The molecule has 0 unspecified atom stereocenters. The fourth-order valence-corrected chi connectivity index (χ4v) is 7.35. The molecule has 3 amide bonds. The van der Waals surface area contributed by atoms with Crippen LogP contribution < -0.4 is 30.7 Å². The van der Waals surface area contributed by atoms with Gasteiger partial charge >= 0.3 is 6.03 Å². The molecule has 11 heteroatoms. The van der Waals surface area contributed by atoms with Crippen LogP contribution in [-0.2, 0) is 17.8 Å². The lowest BCUT2D eigenvalue weighted by atomic mass is 9.95. The molecule has 3 aromatic rings. The van der Waals surface area contributed by atoms with Gasteiger partial charge in [-0.3, -0.25) is 19.9 Å². The first-order chi connectivity index (χ1) is 22.4. The molecule has 0 atom stereocenters. The number of benzene rings is 2. The van der Waals surface area contributed by atoms with Gasteiger partial charge in [-0.15, -0.1) is 0 Å². The number of imide groups is 1. The summed E-state index contributed by atoms with van der Waals surface area (Å²) in [6.45, 7) is 14.0. The van der Waals surface area contributed by atoms with Gasteiger partial charge in [-0.25, -0.2) is 14.8 Å². The highest BCUT2D eigenvalue weighted by molar-refractivity contribution is 6.06. The maximum Gasteiger partial charge on any atom is 0.328 e. The summed E-state index contributed by atoms with van der Waals surface area (Å²) < 4.78 is 0. The molecule has 4 aliphatic heterocycles. The minimum absolute atomic E-state index is 0.205. The third kappa shape index (κ3) is 6.66. The molecule has 4 aliphatic rings. The van der Waals surface area contributed by atoms with E-state index in [0.29, 0.717) is 18.9 Å². The van der Waals surface area contributed by atoms with Gasteiger partial charge in [0, 0.05) is 94.3 Å². The number of fused-ring (bicyclic) bond motifs is 1. The fourth-order valence-electron chi connectivity index (χ4n) is 7.35. The van der Waals surface area contributed by atoms with E-state index in [1.165, 1.54) is 41.9 Å². The predicted molar refractivity (Wildman–Crippen MR) is 182 cm³/mol. The maximum atomic E-state index is 12.3. The summed E-state index contributed by atoms with van der Waals surface area (Å²) in [5, 5.41) is 9.22. The Morgan fingerprint density at radius 2 is 1.65 bits per heavy atom. The minimum atomic E-state index is -0.331. The number of nitrogens with one attached hydrogen (secondary N) is 3. The third-order valence-corrected chi connectivity index (χ3v) is 10.0. The SMILES string of the molecule is Cc1cc(Nc2ncc3c(n2)CNCC3)ccc1N1CCC(CN2CCN(c3ccc(N4CCC(=O)NC4=O)c(C)c3)CC2)CC1. The van der Waals surface area contributed by atoms with Crippen LogP contribution in [0.4, 0.5) is 33.5 Å². The minimum Gasteiger partial charge on any atom is -0.371 e. The zero-order valence-electron chi connectivity index (χ0n) is 27.0. The lowest BCUT2D eigenvalue weighted by Crippen LogP contribution is -2.50. The van der Waals surface area contributed by atoms with Crippen LogP contribution in [0.15, 0.2) is 42.6 Å². The van der Waals surface area contributed by atoms with Gasteiger partial charge in [-0.1, -0.05) is 0 Å². The molecular weight excluding hydrogens is 578 g/mol. The van der Waals surface area contributed by atoms with Crippen molar-refractivity contribution < 1.29 is 9.59 Å². The molecule has 0 saturated carbocycles. The molecule has 0 spiro atoms. The Morgan fingerprint density at radius 3 is 2.41 bits per heavy atom. The number of anilines is 5. The maximum absolute atomic E-state index is 12.3. The number of aryl methyl sites for hydroxylation is 2. The van der Waals surface area contributed by atoms with E-state index < -0.39 is 0 Å². The highest BCUT2D eigenvalue weighted by Gasteiger charge is 2.27. The van der Waals surface area contributed by atoms with Crippen LogP contribution in [0.1, 0.15) is 41.6 Å². The van der Waals surface area contributed by atoms with Crippen LogP contribution in [0.2, 0.25) is 0 Å². The molecule has 2 aromatic carbocycles. The summed E-state index contributed by atoms with van der Waals surface area (Å²) in [5.41, 5.74) is 9.09. The summed E-state index contributed by atoms with van der Waals surface area (Å²) >= 11 is 0. The van der Waals surface area contributed by atoms with Gasteiger partial charge in [0.1, 0.15) is 0 Å². The van der Waals surface area contributed by atoms with Crippen molar-refractivity contribution in [3.8, 4) is 0 Å². The Labute approximate surface area is 271 Å². The highest BCUT2D eigenvalue weighted by atomic mass is 16.2. The number of hydrogen-bond donors (Lipinski definition) is 3. The Balaban J connectivity index is 0.874. The largest absolute Gasteiger partial charge is 0.371 e. The number of aromatic nitrogens is 2. The van der Waals surface area contributed by atoms with Gasteiger partial charge < -0.3 is 20.4 Å². The number of nitrogens with zero attached hydrogens (tertiary/aromatic N) is 6. The number of carbonyl (C=O) groups is 2. The molecule has 1 aromatic heterocycles. The van der Waals surface area contributed by atoms with E-state index in [9.17, 15) is 9.59 Å². The zero-order chi connectivity index (χ0) is 31.6. The van der Waals surface area contributed by atoms with Crippen molar-refractivity contribution in [2.45, 2.75) is 46.1 Å². The third-order valence-electron chi connectivity index (χ3n) is 10.0. The summed E-state index contributed by atoms with van der Waals surface area (Å²) in [5.74, 6) is 1.18. The molecule has 11 nitrogen and oxygen atoms in total. The van der Waals surface area contributed by atoms with E-state index in [1.54, 1.807) is 4.90 Å². The molecule has 3 saturated heterocycles. The number of amides is 3. The van der Waals surface area contributed by atoms with Crippen LogP contribution >= 0.6 is 0 Å². The van der Waals surface area contributed by atoms with Gasteiger partial charge in [-0.05, 0) is 98.7 Å². The van der Waals surface area contributed by atoms with Crippen LogP contribution in [0.5, 0.6) is 0 Å². The normalized spacial score (nSPS) is 19.7. The average molecular weight is 624 g/mol. The van der Waals surface area contributed by atoms with E-state index in [1.807, 2.05) is 19.2 Å². The number of piperidine rings is 1. The molecule has 7 rings (SSSR count). The molecule has 0 radical (unpaired) electrons. The molecule has 242 valence electrons. The lowest BCUT2D eigenvalue weighted by Gasteiger charge is -2.40. The summed E-state index contributed by atoms with van der Waals surface area (Å²) in [4.78, 5) is 42.4. The monoisotopic (exact) mass is 623 g/mol. The van der Waals surface area contributed by atoms with E-state index in [4.69, 9.17) is 4.98 Å².